The molecule has 4 aliphatic rings. The van der Waals surface area contributed by atoms with Gasteiger partial charge in [-0.3, -0.25) is 14.4 Å². The van der Waals surface area contributed by atoms with E-state index >= 15 is 0 Å². The van der Waals surface area contributed by atoms with E-state index in [1.54, 1.807) is 34.0 Å². The summed E-state index contributed by atoms with van der Waals surface area (Å²) in [6, 6.07) is -1.13. The summed E-state index contributed by atoms with van der Waals surface area (Å²) in [5.41, 5.74) is 1.53. The molecule has 1 saturated carbocycles. The Bertz CT molecular complexity index is 1440. The van der Waals surface area contributed by atoms with Crippen LogP contribution in [0, 0.1) is 29.6 Å². The van der Waals surface area contributed by atoms with Crippen LogP contribution < -0.4 is 0 Å². The van der Waals surface area contributed by atoms with Crippen LogP contribution in [-0.2, 0) is 42.9 Å². The summed E-state index contributed by atoms with van der Waals surface area (Å²) in [4.78, 5) is 57.3. The molecule has 3 aliphatic heterocycles. The molecule has 0 aromatic heterocycles. The normalized spacial score (nSPS) is 41.6. The minimum absolute atomic E-state index is 0.00814. The first-order valence-electron chi connectivity index (χ1n) is 19.9. The Morgan fingerprint density at radius 2 is 1.67 bits per heavy atom. The van der Waals surface area contributed by atoms with Gasteiger partial charge in [-0.25, -0.2) is 4.79 Å². The summed E-state index contributed by atoms with van der Waals surface area (Å²) in [5, 5.41) is 34.0. The molecule has 4 rings (SSSR count). The second-order valence-electron chi connectivity index (χ2n) is 16.5. The molecule has 13 heteroatoms. The maximum Gasteiger partial charge on any atom is 0.329 e. The number of carbonyl (C=O) groups is 4. The summed E-state index contributed by atoms with van der Waals surface area (Å²) in [5.74, 6) is -8.12. The largest absolute Gasteiger partial charge is 0.456 e. The van der Waals surface area contributed by atoms with Crippen LogP contribution in [0.2, 0.25) is 0 Å². The Morgan fingerprint density at radius 3 is 2.31 bits per heavy atom. The molecule has 0 spiro atoms. The minimum Gasteiger partial charge on any atom is -0.456 e. The van der Waals surface area contributed by atoms with Gasteiger partial charge in [0, 0.05) is 52.0 Å². The molecule has 14 atom stereocenters. The summed E-state index contributed by atoms with van der Waals surface area (Å²) in [6.07, 6.45) is 3.39. The van der Waals surface area contributed by atoms with Gasteiger partial charge in [0.15, 0.2) is 0 Å². The fourth-order valence-corrected chi connectivity index (χ4v) is 9.14. The van der Waals surface area contributed by atoms with Crippen molar-refractivity contribution < 1.29 is 58.2 Å². The second-order valence-corrected chi connectivity index (χ2v) is 16.5. The lowest BCUT2D eigenvalue weighted by atomic mass is 9.80. The zero-order chi connectivity index (χ0) is 40.8. The molecule has 0 unspecified atom stereocenters. The van der Waals surface area contributed by atoms with Gasteiger partial charge in [0.2, 0.25) is 5.79 Å². The second kappa shape index (κ2) is 19.6. The van der Waals surface area contributed by atoms with Crippen molar-refractivity contribution >= 4 is 23.4 Å². The van der Waals surface area contributed by atoms with E-state index in [-0.39, 0.29) is 49.5 Å². The number of hydrogen-bond donors (Lipinski definition) is 3. The Labute approximate surface area is 326 Å². The van der Waals surface area contributed by atoms with E-state index in [1.165, 1.54) is 14.2 Å². The van der Waals surface area contributed by atoms with E-state index in [2.05, 4.69) is 6.58 Å². The third kappa shape index (κ3) is 10.2. The van der Waals surface area contributed by atoms with Gasteiger partial charge in [-0.1, -0.05) is 44.6 Å². The predicted molar refractivity (Wildman–Crippen MR) is 203 cm³/mol. The number of methoxy groups -OCH3 is 3. The van der Waals surface area contributed by atoms with Crippen molar-refractivity contribution in [3.63, 3.8) is 0 Å². The number of allylic oxidation sites excluding steroid dienone is 4. The van der Waals surface area contributed by atoms with E-state index in [1.807, 2.05) is 26.0 Å². The van der Waals surface area contributed by atoms with Gasteiger partial charge in [0.05, 0.1) is 30.5 Å². The molecule has 55 heavy (non-hydrogen) atoms. The van der Waals surface area contributed by atoms with Gasteiger partial charge in [-0.15, -0.1) is 6.58 Å². The van der Waals surface area contributed by atoms with Gasteiger partial charge >= 0.3 is 5.97 Å². The van der Waals surface area contributed by atoms with Crippen LogP contribution in [0.5, 0.6) is 0 Å². The standard InChI is InChI=1S/C42H65NO12/c1-10-12-29-18-23(2)17-24(3)37(53-9)38-35(52-8)20-26(5)42(50,55-38)39(47)40(48)43-16-11-13-30(43)41(49)54-36(27(6)32(45)22-33(29)46)25(4)19-28-14-15-31(44)34(21-28)51-7/h10,18-19,24,26-32,34-38,44-45,50H,1,11-17,20-22H2,2-9H3/b23-18-,25-19+/t24-,26-,27-,28+,29-,30+,31-,32-,34-,35+,36+,37-,38-,42-/m1/s1. The first-order chi connectivity index (χ1) is 26.0. The van der Waals surface area contributed by atoms with E-state index in [4.69, 9.17) is 23.7 Å². The number of carbonyl (C=O) groups excluding carboxylic acids is 4. The van der Waals surface area contributed by atoms with E-state index in [0.29, 0.717) is 44.1 Å². The van der Waals surface area contributed by atoms with Crippen molar-refractivity contribution in [1.82, 2.24) is 4.90 Å². The lowest BCUT2D eigenvalue weighted by Gasteiger charge is -2.47. The zero-order valence-electron chi connectivity index (χ0n) is 34.0. The van der Waals surface area contributed by atoms with Crippen LogP contribution in [0.4, 0.5) is 0 Å². The highest BCUT2D eigenvalue weighted by molar-refractivity contribution is 6.39. The van der Waals surface area contributed by atoms with Gasteiger partial charge in [-0.05, 0) is 82.6 Å². The number of ether oxygens (including phenoxy) is 5. The number of aliphatic hydroxyl groups excluding tert-OH is 2. The minimum atomic E-state index is -2.52. The van der Waals surface area contributed by atoms with Crippen LogP contribution in [0.3, 0.4) is 0 Å². The van der Waals surface area contributed by atoms with Crippen LogP contribution in [0.15, 0.2) is 36.0 Å². The topological polar surface area (TPSA) is 178 Å². The molecule has 2 saturated heterocycles. The smallest absolute Gasteiger partial charge is 0.329 e. The lowest BCUT2D eigenvalue weighted by molar-refractivity contribution is -0.305. The van der Waals surface area contributed by atoms with Crippen LogP contribution in [0.25, 0.3) is 0 Å². The Balaban J connectivity index is 1.77. The monoisotopic (exact) mass is 775 g/mol. The number of hydrogen-bond acceptors (Lipinski definition) is 12. The highest BCUT2D eigenvalue weighted by Gasteiger charge is 2.57. The van der Waals surface area contributed by atoms with E-state index < -0.39 is 83.9 Å². The summed E-state index contributed by atoms with van der Waals surface area (Å²) >= 11 is 0. The van der Waals surface area contributed by atoms with Crippen molar-refractivity contribution in [3.8, 4) is 0 Å². The molecule has 0 aromatic rings. The Kier molecular flexibility index (Phi) is 16.0. The van der Waals surface area contributed by atoms with Crippen LogP contribution >= 0.6 is 0 Å². The van der Waals surface area contributed by atoms with Crippen molar-refractivity contribution in [3.05, 3.63) is 36.0 Å². The van der Waals surface area contributed by atoms with Crippen molar-refractivity contribution in [2.75, 3.05) is 27.9 Å². The summed E-state index contributed by atoms with van der Waals surface area (Å²) in [7, 11) is 4.57. The number of esters is 1. The molecule has 3 heterocycles. The van der Waals surface area contributed by atoms with Crippen LogP contribution in [0.1, 0.15) is 92.4 Å². The first-order valence-corrected chi connectivity index (χ1v) is 19.9. The number of nitrogens with zero attached hydrogens (tertiary/aromatic N) is 1. The Hall–Kier alpha value is -2.78. The average Bonchev–Trinajstić information content (AvgIpc) is 3.65. The molecule has 0 aromatic carbocycles. The average molecular weight is 776 g/mol. The van der Waals surface area contributed by atoms with Gasteiger partial charge < -0.3 is 43.9 Å². The van der Waals surface area contributed by atoms with E-state index in [0.717, 1.165) is 10.5 Å². The Morgan fingerprint density at radius 1 is 0.982 bits per heavy atom. The number of fused-ring (bicyclic) bond motifs is 3. The zero-order valence-corrected chi connectivity index (χ0v) is 34.0. The number of amides is 1. The van der Waals surface area contributed by atoms with Gasteiger partial charge in [0.25, 0.3) is 11.7 Å². The van der Waals surface area contributed by atoms with E-state index in [9.17, 15) is 34.5 Å². The molecule has 3 fully saturated rings. The fourth-order valence-electron chi connectivity index (χ4n) is 9.14. The van der Waals surface area contributed by atoms with Crippen LogP contribution in [-0.4, -0.2) is 126 Å². The van der Waals surface area contributed by atoms with Gasteiger partial charge in [-0.2, -0.15) is 0 Å². The highest BCUT2D eigenvalue weighted by Crippen LogP contribution is 2.40. The molecule has 3 N–H and O–H groups in total. The maximum absolute atomic E-state index is 14.1. The summed E-state index contributed by atoms with van der Waals surface area (Å²) in [6.45, 7) is 12.9. The number of aliphatic hydroxyl groups is 3. The highest BCUT2D eigenvalue weighted by atomic mass is 16.7. The van der Waals surface area contributed by atoms with Crippen molar-refractivity contribution in [2.45, 2.75) is 147 Å². The molecule has 0 radical (unpaired) electrons. The lowest BCUT2D eigenvalue weighted by Crippen LogP contribution is -2.64. The SMILES string of the molecule is C=CC[C@@H]1/C=C(/C)C[C@@H](C)[C@@H](OC)[C@@H]2O[C@@](O)(C(=O)C(=O)N3CCC[C@H]3C(=O)O[C@@H](/C(C)=C/[C@@H]3CC[C@@H](O)[C@H](OC)C3)[C@H](C)[C@H](O)CC1=O)[C@H](C)C[C@@H]2OC. The summed E-state index contributed by atoms with van der Waals surface area (Å²) < 4.78 is 29.6. The molecule has 1 aliphatic carbocycles. The third-order valence-corrected chi connectivity index (χ3v) is 12.5. The third-order valence-electron chi connectivity index (χ3n) is 12.5. The first kappa shape index (κ1) is 44.9. The van der Waals surface area contributed by atoms with Gasteiger partial charge in [0.1, 0.15) is 24.0 Å². The number of rotatable bonds is 7. The van der Waals surface area contributed by atoms with Crippen molar-refractivity contribution in [2.24, 2.45) is 29.6 Å². The maximum atomic E-state index is 14.1. The molecule has 13 nitrogen and oxygen atoms in total. The predicted octanol–water partition coefficient (Wildman–Crippen LogP) is 3.86. The molecular formula is C42H65NO12. The number of cyclic esters (lactones) is 1. The molecule has 310 valence electrons. The molecule has 1 amide bonds. The number of ketones is 2. The molecular weight excluding hydrogens is 710 g/mol. The molecule has 2 bridgehead atoms. The number of Topliss-reactive ketones (excluding diaryl/α,β-unsaturated/α-hetero) is 2. The quantitative estimate of drug-likeness (QED) is 0.194. The fraction of sp³-hybridized carbons (Fsp3) is 0.762. The van der Waals surface area contributed by atoms with Crippen molar-refractivity contribution in [1.29, 1.82) is 0 Å².